The van der Waals surface area contributed by atoms with E-state index in [1.54, 1.807) is 18.5 Å². The van der Waals surface area contributed by atoms with Crippen LogP contribution in [-0.2, 0) is 0 Å². The smallest absolute Gasteiger partial charge is 0.252 e. The monoisotopic (exact) mass is 268 g/mol. The van der Waals surface area contributed by atoms with Crippen LogP contribution in [0.15, 0.2) is 23.2 Å². The highest BCUT2D eigenvalue weighted by atomic mass is 79.9. The predicted octanol–water partition coefficient (Wildman–Crippen LogP) is 0.840. The summed E-state index contributed by atoms with van der Waals surface area (Å²) < 4.78 is 2.00. The van der Waals surface area contributed by atoms with Crippen molar-refractivity contribution in [3.63, 3.8) is 0 Å². The SMILES string of the molecule is C[C@H](N)c1nc(Br)nn1-c1ncccn1. The van der Waals surface area contributed by atoms with E-state index in [2.05, 4.69) is 36.0 Å². The average molecular weight is 269 g/mol. The molecule has 6 nitrogen and oxygen atoms in total. The van der Waals surface area contributed by atoms with Crippen molar-refractivity contribution < 1.29 is 0 Å². The number of rotatable bonds is 2. The summed E-state index contributed by atoms with van der Waals surface area (Å²) in [6, 6.07) is 1.51. The Morgan fingerprint density at radius 3 is 2.67 bits per heavy atom. The summed E-state index contributed by atoms with van der Waals surface area (Å²) >= 11 is 3.19. The van der Waals surface area contributed by atoms with Gasteiger partial charge in [-0.25, -0.2) is 15.0 Å². The molecule has 2 aromatic heterocycles. The molecular formula is C8H9BrN6. The van der Waals surface area contributed by atoms with E-state index in [1.807, 2.05) is 6.92 Å². The molecule has 0 fully saturated rings. The molecule has 15 heavy (non-hydrogen) atoms. The Hall–Kier alpha value is -1.34. The quantitative estimate of drug-likeness (QED) is 0.873. The Morgan fingerprint density at radius 2 is 2.07 bits per heavy atom. The van der Waals surface area contributed by atoms with Crippen molar-refractivity contribution in [1.29, 1.82) is 0 Å². The van der Waals surface area contributed by atoms with Crippen LogP contribution in [0.5, 0.6) is 0 Å². The number of nitrogens with zero attached hydrogens (tertiary/aromatic N) is 5. The van der Waals surface area contributed by atoms with Crippen LogP contribution in [0, 0.1) is 0 Å². The number of hydrogen-bond acceptors (Lipinski definition) is 5. The molecule has 0 aliphatic heterocycles. The number of nitrogens with two attached hydrogens (primary N) is 1. The third-order valence-corrected chi connectivity index (χ3v) is 2.09. The lowest BCUT2D eigenvalue weighted by Crippen LogP contribution is -2.14. The van der Waals surface area contributed by atoms with Crippen molar-refractivity contribution in [2.75, 3.05) is 0 Å². The molecule has 78 valence electrons. The van der Waals surface area contributed by atoms with Crippen LogP contribution < -0.4 is 5.73 Å². The van der Waals surface area contributed by atoms with Gasteiger partial charge in [0.05, 0.1) is 6.04 Å². The number of halogens is 1. The zero-order valence-corrected chi connectivity index (χ0v) is 9.59. The predicted molar refractivity (Wildman–Crippen MR) is 57.3 cm³/mol. The lowest BCUT2D eigenvalue weighted by atomic mass is 10.3. The molecule has 2 N–H and O–H groups in total. The fourth-order valence-corrected chi connectivity index (χ4v) is 1.48. The van der Waals surface area contributed by atoms with Crippen molar-refractivity contribution in [3.8, 4) is 5.95 Å². The summed E-state index contributed by atoms with van der Waals surface area (Å²) in [5, 5.41) is 4.12. The van der Waals surface area contributed by atoms with Gasteiger partial charge < -0.3 is 5.73 Å². The Morgan fingerprint density at radius 1 is 1.40 bits per heavy atom. The molecule has 0 radical (unpaired) electrons. The van der Waals surface area contributed by atoms with Crippen molar-refractivity contribution >= 4 is 15.9 Å². The third kappa shape index (κ3) is 2.02. The van der Waals surface area contributed by atoms with Crippen LogP contribution >= 0.6 is 15.9 Å². The Labute approximate surface area is 94.7 Å². The van der Waals surface area contributed by atoms with Crippen LogP contribution in [0.1, 0.15) is 18.8 Å². The Balaban J connectivity index is 2.53. The average Bonchev–Trinajstić information content (AvgIpc) is 2.62. The molecule has 0 saturated heterocycles. The Bertz CT molecular complexity index is 451. The van der Waals surface area contributed by atoms with Crippen LogP contribution in [0.3, 0.4) is 0 Å². The van der Waals surface area contributed by atoms with Gasteiger partial charge in [0.2, 0.25) is 4.73 Å². The lowest BCUT2D eigenvalue weighted by Gasteiger charge is -2.05. The van der Waals surface area contributed by atoms with Gasteiger partial charge in [0.15, 0.2) is 5.82 Å². The Kier molecular flexibility index (Phi) is 2.74. The van der Waals surface area contributed by atoms with Crippen LogP contribution in [0.2, 0.25) is 0 Å². The van der Waals surface area contributed by atoms with E-state index in [4.69, 9.17) is 5.73 Å². The minimum Gasteiger partial charge on any atom is -0.322 e. The molecule has 2 heterocycles. The molecule has 2 rings (SSSR count). The lowest BCUT2D eigenvalue weighted by molar-refractivity contribution is 0.668. The molecule has 0 saturated carbocycles. The largest absolute Gasteiger partial charge is 0.322 e. The second-order valence-electron chi connectivity index (χ2n) is 2.99. The van der Waals surface area contributed by atoms with Gasteiger partial charge in [-0.15, -0.1) is 5.10 Å². The third-order valence-electron chi connectivity index (χ3n) is 1.76. The number of hydrogen-bond donors (Lipinski definition) is 1. The van der Waals surface area contributed by atoms with Gasteiger partial charge in [0, 0.05) is 12.4 Å². The van der Waals surface area contributed by atoms with Crippen molar-refractivity contribution in [1.82, 2.24) is 24.7 Å². The fourth-order valence-electron chi connectivity index (χ4n) is 1.14. The molecule has 7 heteroatoms. The van der Waals surface area contributed by atoms with Gasteiger partial charge in [-0.2, -0.15) is 4.68 Å². The van der Waals surface area contributed by atoms with Crippen molar-refractivity contribution in [2.24, 2.45) is 5.73 Å². The van der Waals surface area contributed by atoms with Crippen molar-refractivity contribution in [2.45, 2.75) is 13.0 Å². The second-order valence-corrected chi connectivity index (χ2v) is 3.70. The van der Waals surface area contributed by atoms with E-state index in [9.17, 15) is 0 Å². The highest BCUT2D eigenvalue weighted by molar-refractivity contribution is 9.10. The summed E-state index contributed by atoms with van der Waals surface area (Å²) in [4.78, 5) is 12.3. The highest BCUT2D eigenvalue weighted by Crippen LogP contribution is 2.13. The topological polar surface area (TPSA) is 82.5 Å². The van der Waals surface area contributed by atoms with E-state index in [0.717, 1.165) is 0 Å². The molecule has 0 aromatic carbocycles. The van der Waals surface area contributed by atoms with E-state index < -0.39 is 0 Å². The molecular weight excluding hydrogens is 260 g/mol. The summed E-state index contributed by atoms with van der Waals surface area (Å²) in [7, 11) is 0. The maximum Gasteiger partial charge on any atom is 0.252 e. The summed E-state index contributed by atoms with van der Waals surface area (Å²) in [6.07, 6.45) is 3.28. The van der Waals surface area contributed by atoms with Gasteiger partial charge in [0.1, 0.15) is 0 Å². The van der Waals surface area contributed by atoms with E-state index >= 15 is 0 Å². The molecule has 0 aliphatic carbocycles. The van der Waals surface area contributed by atoms with E-state index in [-0.39, 0.29) is 6.04 Å². The zero-order chi connectivity index (χ0) is 10.8. The fraction of sp³-hybridized carbons (Fsp3) is 0.250. The standard InChI is InChI=1S/C8H9BrN6/c1-5(10)6-13-7(9)14-15(6)8-11-3-2-4-12-8/h2-5H,10H2,1H3/t5-/m0/s1. The van der Waals surface area contributed by atoms with Gasteiger partial charge in [0.25, 0.3) is 5.95 Å². The second kappa shape index (κ2) is 4.03. The minimum atomic E-state index is -0.229. The maximum atomic E-state index is 5.77. The van der Waals surface area contributed by atoms with Crippen molar-refractivity contribution in [3.05, 3.63) is 29.0 Å². The van der Waals surface area contributed by atoms with Gasteiger partial charge >= 0.3 is 0 Å². The first kappa shape index (κ1) is 10.2. The zero-order valence-electron chi connectivity index (χ0n) is 8.00. The first-order chi connectivity index (χ1) is 7.18. The first-order valence-electron chi connectivity index (χ1n) is 4.34. The molecule has 0 aliphatic rings. The molecule has 0 unspecified atom stereocenters. The van der Waals surface area contributed by atoms with Crippen LogP contribution in [0.25, 0.3) is 5.95 Å². The van der Waals surface area contributed by atoms with Gasteiger partial charge in [-0.05, 0) is 28.9 Å². The molecule has 0 spiro atoms. The van der Waals surface area contributed by atoms with Gasteiger partial charge in [-0.1, -0.05) is 0 Å². The van der Waals surface area contributed by atoms with Gasteiger partial charge in [-0.3, -0.25) is 0 Å². The summed E-state index contributed by atoms with van der Waals surface area (Å²) in [5.74, 6) is 1.08. The molecule has 1 atom stereocenters. The first-order valence-corrected chi connectivity index (χ1v) is 5.13. The summed E-state index contributed by atoms with van der Waals surface area (Å²) in [6.45, 7) is 1.83. The number of aromatic nitrogens is 5. The maximum absolute atomic E-state index is 5.77. The van der Waals surface area contributed by atoms with E-state index in [1.165, 1.54) is 4.68 Å². The molecule has 0 amide bonds. The molecule has 2 aromatic rings. The van der Waals surface area contributed by atoms with Crippen LogP contribution in [0.4, 0.5) is 0 Å². The summed E-state index contributed by atoms with van der Waals surface area (Å²) in [5.41, 5.74) is 5.77. The molecule has 0 bridgehead atoms. The minimum absolute atomic E-state index is 0.229. The highest BCUT2D eigenvalue weighted by Gasteiger charge is 2.14. The van der Waals surface area contributed by atoms with E-state index in [0.29, 0.717) is 16.5 Å². The van der Waals surface area contributed by atoms with Crippen LogP contribution in [-0.4, -0.2) is 24.7 Å². The normalized spacial score (nSPS) is 12.7.